The molecule has 0 bridgehead atoms. The van der Waals surface area contributed by atoms with E-state index >= 15 is 0 Å². The van der Waals surface area contributed by atoms with Gasteiger partial charge in [-0.2, -0.15) is 0 Å². The van der Waals surface area contributed by atoms with Crippen LogP contribution in [0.3, 0.4) is 0 Å². The number of halogens is 1. The molecule has 1 aliphatic rings. The predicted molar refractivity (Wildman–Crippen MR) is 100 cm³/mol. The van der Waals surface area contributed by atoms with Gasteiger partial charge in [0.2, 0.25) is 0 Å². The van der Waals surface area contributed by atoms with E-state index in [0.29, 0.717) is 5.56 Å². The van der Waals surface area contributed by atoms with Crippen molar-refractivity contribution in [3.63, 3.8) is 0 Å². The third-order valence-electron chi connectivity index (χ3n) is 5.02. The molecular formula is C20H24FNO2S. The molecule has 1 aliphatic heterocycles. The zero-order valence-corrected chi connectivity index (χ0v) is 15.5. The van der Waals surface area contributed by atoms with Crippen molar-refractivity contribution in [2.75, 3.05) is 18.0 Å². The van der Waals surface area contributed by atoms with Gasteiger partial charge in [0.05, 0.1) is 10.4 Å². The van der Waals surface area contributed by atoms with E-state index in [0.717, 1.165) is 18.0 Å². The van der Waals surface area contributed by atoms with Crippen molar-refractivity contribution < 1.29 is 14.3 Å². The third kappa shape index (κ3) is 3.71. The van der Waals surface area contributed by atoms with Gasteiger partial charge in [-0.25, -0.2) is 4.39 Å². The van der Waals surface area contributed by atoms with Gasteiger partial charge in [-0.1, -0.05) is 12.1 Å². The molecule has 2 heterocycles. The predicted octanol–water partition coefficient (Wildman–Crippen LogP) is 5.12. The summed E-state index contributed by atoms with van der Waals surface area (Å²) in [5.41, 5.74) is -0.322. The van der Waals surface area contributed by atoms with Gasteiger partial charge in [0, 0.05) is 23.9 Å². The van der Waals surface area contributed by atoms with Gasteiger partial charge < -0.3 is 10.0 Å². The highest BCUT2D eigenvalue weighted by atomic mass is 32.1. The Labute approximate surface area is 152 Å². The van der Waals surface area contributed by atoms with E-state index in [-0.39, 0.29) is 11.7 Å². The zero-order valence-electron chi connectivity index (χ0n) is 14.7. The Balaban J connectivity index is 2.00. The van der Waals surface area contributed by atoms with Gasteiger partial charge in [-0.15, -0.1) is 11.3 Å². The van der Waals surface area contributed by atoms with Crippen LogP contribution in [0.5, 0.6) is 0 Å². The number of hydrogen-bond donors (Lipinski definition) is 1. The molecule has 1 saturated heterocycles. The number of thiophene rings is 1. The molecule has 3 rings (SSSR count). The van der Waals surface area contributed by atoms with E-state index in [4.69, 9.17) is 0 Å². The van der Waals surface area contributed by atoms with Crippen molar-refractivity contribution >= 4 is 22.3 Å². The van der Waals surface area contributed by atoms with E-state index in [1.54, 1.807) is 31.3 Å². The Kier molecular flexibility index (Phi) is 5.13. The lowest BCUT2D eigenvalue weighted by atomic mass is 9.74. The molecule has 1 fully saturated rings. The lowest BCUT2D eigenvalue weighted by Gasteiger charge is -2.31. The normalized spacial score (nSPS) is 16.7. The summed E-state index contributed by atoms with van der Waals surface area (Å²) >= 11 is 1.63. The van der Waals surface area contributed by atoms with Gasteiger partial charge in [-0.3, -0.25) is 4.79 Å². The minimum absolute atomic E-state index is 0.337. The Morgan fingerprint density at radius 2 is 1.92 bits per heavy atom. The maximum Gasteiger partial charge on any atom is 0.310 e. The molecule has 1 atom stereocenters. The van der Waals surface area contributed by atoms with Crippen molar-refractivity contribution in [1.82, 2.24) is 0 Å². The number of benzene rings is 1. The van der Waals surface area contributed by atoms with E-state index in [1.807, 2.05) is 12.1 Å². The lowest BCUT2D eigenvalue weighted by molar-refractivity contribution is -0.147. The summed E-state index contributed by atoms with van der Waals surface area (Å²) in [5.74, 6) is -1.60. The molecule has 0 amide bonds. The van der Waals surface area contributed by atoms with Gasteiger partial charge >= 0.3 is 5.97 Å². The van der Waals surface area contributed by atoms with E-state index in [9.17, 15) is 14.3 Å². The molecule has 1 aromatic heterocycles. The number of anilines is 1. The van der Waals surface area contributed by atoms with Crippen molar-refractivity contribution in [2.24, 2.45) is 5.41 Å². The summed E-state index contributed by atoms with van der Waals surface area (Å²) < 4.78 is 13.8. The van der Waals surface area contributed by atoms with Crippen LogP contribution in [0.2, 0.25) is 0 Å². The van der Waals surface area contributed by atoms with Crippen LogP contribution < -0.4 is 4.90 Å². The van der Waals surface area contributed by atoms with Crippen LogP contribution in [-0.2, 0) is 4.79 Å². The molecule has 0 spiro atoms. The summed E-state index contributed by atoms with van der Waals surface area (Å²) in [4.78, 5) is 15.2. The minimum atomic E-state index is -1.03. The number of carbonyl (C=O) groups is 1. The standard InChI is InChI=1S/C20H24FNO2S/c1-20(2,19(23)24)18(14-7-6-8-15(21)13-14)16-9-10-17(25-16)22-11-4-3-5-12-22/h6-10,13,18H,3-5,11-12H2,1-2H3,(H,23,24). The van der Waals surface area contributed by atoms with Crippen LogP contribution in [-0.4, -0.2) is 24.2 Å². The first kappa shape index (κ1) is 17.9. The fraction of sp³-hybridized carbons (Fsp3) is 0.450. The molecule has 0 saturated carbocycles. The first-order valence-corrected chi connectivity index (χ1v) is 9.55. The molecule has 134 valence electrons. The van der Waals surface area contributed by atoms with Crippen LogP contribution >= 0.6 is 11.3 Å². The molecule has 25 heavy (non-hydrogen) atoms. The summed E-state index contributed by atoms with van der Waals surface area (Å²) in [6, 6.07) is 10.4. The molecule has 0 radical (unpaired) electrons. The lowest BCUT2D eigenvalue weighted by Crippen LogP contribution is -2.31. The highest BCUT2D eigenvalue weighted by Gasteiger charge is 2.40. The quantitative estimate of drug-likeness (QED) is 0.803. The maximum absolute atomic E-state index is 13.8. The Hall–Kier alpha value is -1.88. The number of hydrogen-bond acceptors (Lipinski definition) is 3. The second-order valence-electron chi connectivity index (χ2n) is 7.24. The average molecular weight is 361 g/mol. The van der Waals surface area contributed by atoms with Gasteiger partial charge in [0.25, 0.3) is 0 Å². The Bertz CT molecular complexity index is 750. The summed E-state index contributed by atoms with van der Waals surface area (Å²) in [5, 5.41) is 10.9. The zero-order chi connectivity index (χ0) is 18.0. The maximum atomic E-state index is 13.8. The molecule has 2 aromatic rings. The summed E-state index contributed by atoms with van der Waals surface area (Å²) in [6.45, 7) is 5.52. The molecule has 1 N–H and O–H groups in total. The first-order valence-electron chi connectivity index (χ1n) is 8.73. The SMILES string of the molecule is CC(C)(C(=O)O)C(c1cccc(F)c1)c1ccc(N2CCCCC2)s1. The number of aliphatic carboxylic acids is 1. The second kappa shape index (κ2) is 7.16. The number of rotatable bonds is 5. The highest BCUT2D eigenvalue weighted by Crippen LogP contribution is 2.45. The van der Waals surface area contributed by atoms with Gasteiger partial charge in [0.15, 0.2) is 0 Å². The van der Waals surface area contributed by atoms with Gasteiger partial charge in [0.1, 0.15) is 5.82 Å². The Morgan fingerprint density at radius 1 is 1.20 bits per heavy atom. The Morgan fingerprint density at radius 3 is 2.56 bits per heavy atom. The van der Waals surface area contributed by atoms with Crippen molar-refractivity contribution in [2.45, 2.75) is 39.0 Å². The van der Waals surface area contributed by atoms with Crippen LogP contribution in [0, 0.1) is 11.2 Å². The smallest absolute Gasteiger partial charge is 0.310 e. The third-order valence-corrected chi connectivity index (χ3v) is 6.23. The van der Waals surface area contributed by atoms with Gasteiger partial charge in [-0.05, 0) is 62.9 Å². The number of carboxylic acids is 1. The molecule has 1 aromatic carbocycles. The van der Waals surface area contributed by atoms with E-state index in [1.165, 1.54) is 36.4 Å². The summed E-state index contributed by atoms with van der Waals surface area (Å²) in [6.07, 6.45) is 3.66. The van der Waals surface area contributed by atoms with Crippen molar-refractivity contribution in [1.29, 1.82) is 0 Å². The van der Waals surface area contributed by atoms with Crippen molar-refractivity contribution in [3.05, 3.63) is 52.7 Å². The molecular weight excluding hydrogens is 337 g/mol. The topological polar surface area (TPSA) is 40.5 Å². The summed E-state index contributed by atoms with van der Waals surface area (Å²) in [7, 11) is 0. The first-order chi connectivity index (χ1) is 11.9. The van der Waals surface area contributed by atoms with E-state index in [2.05, 4.69) is 11.0 Å². The highest BCUT2D eigenvalue weighted by molar-refractivity contribution is 7.16. The second-order valence-corrected chi connectivity index (χ2v) is 8.33. The average Bonchev–Trinajstić information content (AvgIpc) is 3.05. The minimum Gasteiger partial charge on any atom is -0.481 e. The van der Waals surface area contributed by atoms with Crippen LogP contribution in [0.1, 0.15) is 49.5 Å². The van der Waals surface area contributed by atoms with Crippen LogP contribution in [0.4, 0.5) is 9.39 Å². The number of nitrogens with zero attached hydrogens (tertiary/aromatic N) is 1. The van der Waals surface area contributed by atoms with E-state index < -0.39 is 11.4 Å². The monoisotopic (exact) mass is 361 g/mol. The molecule has 1 unspecified atom stereocenters. The fourth-order valence-corrected chi connectivity index (χ4v) is 4.90. The van der Waals surface area contributed by atoms with Crippen molar-refractivity contribution in [3.8, 4) is 0 Å². The number of carboxylic acid groups (broad SMARTS) is 1. The fourth-order valence-electron chi connectivity index (χ4n) is 3.53. The van der Waals surface area contributed by atoms with Crippen LogP contribution in [0.25, 0.3) is 0 Å². The number of piperidine rings is 1. The molecule has 5 heteroatoms. The molecule has 3 nitrogen and oxygen atoms in total. The molecule has 0 aliphatic carbocycles. The largest absolute Gasteiger partial charge is 0.481 e. The van der Waals surface area contributed by atoms with Crippen LogP contribution in [0.15, 0.2) is 36.4 Å².